The van der Waals surface area contributed by atoms with Crippen molar-refractivity contribution < 1.29 is 27.9 Å². The van der Waals surface area contributed by atoms with Crippen molar-refractivity contribution in [1.29, 1.82) is 0 Å². The second kappa shape index (κ2) is 3.75. The summed E-state index contributed by atoms with van der Waals surface area (Å²) in [6, 6.07) is 0. The van der Waals surface area contributed by atoms with Gasteiger partial charge in [-0.05, 0) is 0 Å². The van der Waals surface area contributed by atoms with Gasteiger partial charge < -0.3 is 0 Å². The molecule has 0 saturated heterocycles. The summed E-state index contributed by atoms with van der Waals surface area (Å²) in [6.07, 6.45) is 0. The van der Waals surface area contributed by atoms with Crippen molar-refractivity contribution in [3.05, 3.63) is 0 Å². The van der Waals surface area contributed by atoms with Crippen LogP contribution in [0.25, 0.3) is 0 Å². The van der Waals surface area contributed by atoms with E-state index >= 15 is 0 Å². The Hall–Kier alpha value is 0.748. The quantitative estimate of drug-likeness (QED) is 0.415. The van der Waals surface area contributed by atoms with Crippen molar-refractivity contribution in [3.63, 3.8) is 0 Å². The Morgan fingerprint density at radius 1 is 2.00 bits per heavy atom. The SMILES string of the molecule is O=P[O][Mo]. The first-order valence-corrected chi connectivity index (χ1v) is 2.08. The van der Waals surface area contributed by atoms with Crippen molar-refractivity contribution >= 4 is 8.69 Å². The van der Waals surface area contributed by atoms with Crippen LogP contribution >= 0.6 is 8.69 Å². The predicted molar refractivity (Wildman–Crippen MR) is 8.69 cm³/mol. The summed E-state index contributed by atoms with van der Waals surface area (Å²) in [6.45, 7) is 0. The second-order valence-corrected chi connectivity index (χ2v) is 1.55. The predicted octanol–water partition coefficient (Wildman–Crippen LogP) is 0.671. The van der Waals surface area contributed by atoms with Gasteiger partial charge in [0.05, 0.1) is 0 Å². The Morgan fingerprint density at radius 3 is 2.25 bits per heavy atom. The zero-order valence-electron chi connectivity index (χ0n) is 1.67. The number of hydrogen-bond acceptors (Lipinski definition) is 2. The molecule has 0 bridgehead atoms. The first-order valence-electron chi connectivity index (χ1n) is 0.532. The summed E-state index contributed by atoms with van der Waals surface area (Å²) in [5, 5.41) is 0. The van der Waals surface area contributed by atoms with Crippen molar-refractivity contribution in [2.24, 2.45) is 0 Å². The van der Waals surface area contributed by atoms with Gasteiger partial charge in [-0.1, -0.05) is 0 Å². The van der Waals surface area contributed by atoms with E-state index in [0.29, 0.717) is 0 Å². The molecule has 0 aliphatic carbocycles. The molecular weight excluding hydrogens is 159 g/mol. The summed E-state index contributed by atoms with van der Waals surface area (Å²) in [5.74, 6) is 0. The fourth-order valence-corrected chi connectivity index (χ4v) is 0. The Bertz CT molecular complexity index is 20.0. The summed E-state index contributed by atoms with van der Waals surface area (Å²) < 4.78 is 13.0. The molecule has 23 valence electrons. The van der Waals surface area contributed by atoms with Crippen LogP contribution in [-0.2, 0) is 27.9 Å². The molecule has 0 aromatic heterocycles. The molecule has 0 unspecified atom stereocenters. The standard InChI is InChI=1S/Mo.HO2P/c;1-3-2/h;(H,1,2)/q+1;/p-1. The summed E-state index contributed by atoms with van der Waals surface area (Å²) in [7, 11) is -0.247. The summed E-state index contributed by atoms with van der Waals surface area (Å²) in [5.41, 5.74) is 0. The van der Waals surface area contributed by atoms with Gasteiger partial charge in [-0.3, -0.25) is 0 Å². The first-order chi connectivity index (χ1) is 1.91. The van der Waals surface area contributed by atoms with E-state index < -0.39 is 0 Å². The van der Waals surface area contributed by atoms with Gasteiger partial charge in [0.15, 0.2) is 0 Å². The Morgan fingerprint density at radius 2 is 2.25 bits per heavy atom. The maximum absolute atomic E-state index is 9.05. The molecule has 0 amide bonds. The van der Waals surface area contributed by atoms with Crippen LogP contribution in [-0.4, -0.2) is 0 Å². The van der Waals surface area contributed by atoms with Crippen LogP contribution in [0.5, 0.6) is 0 Å². The molecule has 4 heteroatoms. The Balaban J connectivity index is 2.30. The minimum absolute atomic E-state index is 0.247. The molecule has 0 aromatic rings. The van der Waals surface area contributed by atoms with Gasteiger partial charge in [-0.25, -0.2) is 0 Å². The van der Waals surface area contributed by atoms with Gasteiger partial charge in [0, 0.05) is 0 Å². The zero-order valence-corrected chi connectivity index (χ0v) is 4.57. The van der Waals surface area contributed by atoms with Crippen LogP contribution in [0.3, 0.4) is 0 Å². The van der Waals surface area contributed by atoms with Crippen LogP contribution in [0.2, 0.25) is 0 Å². The molecule has 2 nitrogen and oxygen atoms in total. The van der Waals surface area contributed by atoms with Crippen molar-refractivity contribution in [1.82, 2.24) is 0 Å². The molecule has 0 spiro atoms. The molecule has 0 heterocycles. The third-order valence-corrected chi connectivity index (χ3v) is 0.540. The monoisotopic (exact) mass is 161 g/mol. The van der Waals surface area contributed by atoms with E-state index in [1.807, 2.05) is 0 Å². The van der Waals surface area contributed by atoms with Gasteiger partial charge in [0.25, 0.3) is 0 Å². The van der Waals surface area contributed by atoms with E-state index in [9.17, 15) is 0 Å². The minimum atomic E-state index is -0.247. The van der Waals surface area contributed by atoms with Gasteiger partial charge in [0.1, 0.15) is 0 Å². The van der Waals surface area contributed by atoms with Crippen molar-refractivity contribution in [3.8, 4) is 0 Å². The van der Waals surface area contributed by atoms with E-state index in [1.165, 1.54) is 20.2 Å². The molecule has 4 heavy (non-hydrogen) atoms. The fraction of sp³-hybridized carbons (Fsp3) is 0. The van der Waals surface area contributed by atoms with Crippen molar-refractivity contribution in [2.45, 2.75) is 0 Å². The van der Waals surface area contributed by atoms with Gasteiger partial charge in [-0.2, -0.15) is 0 Å². The number of hydrogen-bond donors (Lipinski definition) is 0. The van der Waals surface area contributed by atoms with Crippen LogP contribution in [0.1, 0.15) is 0 Å². The first kappa shape index (κ1) is 4.75. The van der Waals surface area contributed by atoms with Gasteiger partial charge in [0.2, 0.25) is 0 Å². The van der Waals surface area contributed by atoms with E-state index in [0.717, 1.165) is 0 Å². The van der Waals surface area contributed by atoms with Crippen LogP contribution in [0, 0.1) is 0 Å². The average Bonchev–Trinajstić information content (AvgIpc) is 1.37. The molecule has 0 N–H and O–H groups in total. The molecule has 0 rings (SSSR count). The third kappa shape index (κ3) is 2.75. The zero-order chi connectivity index (χ0) is 3.41. The molecule has 0 saturated carbocycles. The topological polar surface area (TPSA) is 26.3 Å². The Kier molecular flexibility index (Phi) is 4.45. The maximum atomic E-state index is 9.05. The van der Waals surface area contributed by atoms with Gasteiger partial charge >= 0.3 is 36.6 Å². The molecular formula is MoO2P. The molecule has 0 atom stereocenters. The van der Waals surface area contributed by atoms with Crippen LogP contribution < -0.4 is 0 Å². The van der Waals surface area contributed by atoms with Gasteiger partial charge in [-0.15, -0.1) is 0 Å². The molecule has 0 radical (unpaired) electrons. The Labute approximate surface area is 37.2 Å². The third-order valence-electron chi connectivity index (χ3n) is 0.0304. The van der Waals surface area contributed by atoms with E-state index in [1.54, 1.807) is 0 Å². The normalized spacial score (nSPS) is 8.00. The van der Waals surface area contributed by atoms with Crippen LogP contribution in [0.4, 0.5) is 0 Å². The van der Waals surface area contributed by atoms with E-state index in [2.05, 4.69) is 3.18 Å². The van der Waals surface area contributed by atoms with E-state index in [4.69, 9.17) is 4.57 Å². The van der Waals surface area contributed by atoms with Crippen molar-refractivity contribution in [2.75, 3.05) is 0 Å². The molecule has 0 fully saturated rings. The number of rotatable bonds is 1. The molecule has 0 aliphatic heterocycles. The average molecular weight is 159 g/mol. The summed E-state index contributed by atoms with van der Waals surface area (Å²) >= 11 is 1.30. The van der Waals surface area contributed by atoms with E-state index in [-0.39, 0.29) is 8.69 Å². The molecule has 0 aliphatic rings. The second-order valence-electron chi connectivity index (χ2n) is 0.149. The molecule has 0 aromatic carbocycles. The fourth-order valence-electron chi connectivity index (χ4n) is 0. The van der Waals surface area contributed by atoms with Crippen LogP contribution in [0.15, 0.2) is 0 Å². The summed E-state index contributed by atoms with van der Waals surface area (Å²) in [4.78, 5) is 0.